The van der Waals surface area contributed by atoms with E-state index < -0.39 is 0 Å². The van der Waals surface area contributed by atoms with Crippen molar-refractivity contribution in [2.24, 2.45) is 0 Å². The number of aromatic nitrogens is 2. The summed E-state index contributed by atoms with van der Waals surface area (Å²) in [6.45, 7) is 3.93. The van der Waals surface area contributed by atoms with Crippen LogP contribution in [0.3, 0.4) is 0 Å². The van der Waals surface area contributed by atoms with Gasteiger partial charge in [0.25, 0.3) is 5.91 Å². The zero-order valence-corrected chi connectivity index (χ0v) is 14.5. The van der Waals surface area contributed by atoms with E-state index in [-0.39, 0.29) is 11.6 Å². The predicted molar refractivity (Wildman–Crippen MR) is 100 cm³/mol. The van der Waals surface area contributed by atoms with Gasteiger partial charge in [-0.25, -0.2) is 0 Å². The molecular weight excluding hydrogens is 312 g/mol. The SMILES string of the molecule is Cc1cccc(C)c1NC(=O)c1ccc(N(C)c2ccccc2)nn1. The van der Waals surface area contributed by atoms with Crippen molar-refractivity contribution in [3.63, 3.8) is 0 Å². The monoisotopic (exact) mass is 332 g/mol. The summed E-state index contributed by atoms with van der Waals surface area (Å²) >= 11 is 0. The number of rotatable bonds is 4. The zero-order valence-electron chi connectivity index (χ0n) is 14.5. The molecule has 0 bridgehead atoms. The first-order chi connectivity index (χ1) is 12.1. The molecule has 1 heterocycles. The van der Waals surface area contributed by atoms with Gasteiger partial charge in [-0.15, -0.1) is 10.2 Å². The Bertz CT molecular complexity index is 856. The minimum Gasteiger partial charge on any atom is -0.328 e. The van der Waals surface area contributed by atoms with Gasteiger partial charge in [-0.1, -0.05) is 36.4 Å². The Kier molecular flexibility index (Phi) is 4.75. The third-order valence-corrected chi connectivity index (χ3v) is 4.09. The van der Waals surface area contributed by atoms with Gasteiger partial charge in [0.2, 0.25) is 0 Å². The van der Waals surface area contributed by atoms with Crippen LogP contribution in [-0.4, -0.2) is 23.2 Å². The number of carbonyl (C=O) groups is 1. The van der Waals surface area contributed by atoms with Crippen molar-refractivity contribution in [3.05, 3.63) is 77.5 Å². The first-order valence-electron chi connectivity index (χ1n) is 8.06. The molecule has 2 aromatic carbocycles. The van der Waals surface area contributed by atoms with Gasteiger partial charge in [-0.2, -0.15) is 0 Å². The molecule has 5 nitrogen and oxygen atoms in total. The number of para-hydroxylation sites is 2. The Morgan fingerprint density at radius 2 is 1.56 bits per heavy atom. The largest absolute Gasteiger partial charge is 0.328 e. The molecule has 126 valence electrons. The second-order valence-electron chi connectivity index (χ2n) is 5.89. The lowest BCUT2D eigenvalue weighted by atomic mass is 10.1. The molecule has 5 heteroatoms. The molecule has 0 aliphatic heterocycles. The zero-order chi connectivity index (χ0) is 17.8. The van der Waals surface area contributed by atoms with Gasteiger partial charge in [0.1, 0.15) is 0 Å². The van der Waals surface area contributed by atoms with Crippen molar-refractivity contribution in [2.45, 2.75) is 13.8 Å². The summed E-state index contributed by atoms with van der Waals surface area (Å²) < 4.78 is 0. The maximum absolute atomic E-state index is 12.4. The quantitative estimate of drug-likeness (QED) is 0.781. The van der Waals surface area contributed by atoms with E-state index in [1.807, 2.05) is 74.3 Å². The van der Waals surface area contributed by atoms with Crippen LogP contribution in [0.15, 0.2) is 60.7 Å². The lowest BCUT2D eigenvalue weighted by Crippen LogP contribution is -2.17. The Labute approximate surface area is 147 Å². The molecule has 1 amide bonds. The fourth-order valence-electron chi connectivity index (χ4n) is 2.60. The van der Waals surface area contributed by atoms with E-state index in [0.717, 1.165) is 22.5 Å². The smallest absolute Gasteiger partial charge is 0.276 e. The van der Waals surface area contributed by atoms with Crippen LogP contribution in [0.1, 0.15) is 21.6 Å². The minimum absolute atomic E-state index is 0.265. The number of benzene rings is 2. The first kappa shape index (κ1) is 16.6. The topological polar surface area (TPSA) is 58.1 Å². The molecule has 0 unspecified atom stereocenters. The Hall–Kier alpha value is -3.21. The van der Waals surface area contributed by atoms with Crippen molar-refractivity contribution < 1.29 is 4.79 Å². The van der Waals surface area contributed by atoms with Crippen LogP contribution in [0.5, 0.6) is 0 Å². The summed E-state index contributed by atoms with van der Waals surface area (Å²) in [6, 6.07) is 19.2. The molecule has 1 aromatic heterocycles. The standard InChI is InChI=1S/C20H20N4O/c1-14-8-7-9-15(2)19(14)21-20(25)17-12-13-18(23-22-17)24(3)16-10-5-4-6-11-16/h4-13H,1-3H3,(H,21,25). The maximum Gasteiger partial charge on any atom is 0.276 e. The highest BCUT2D eigenvalue weighted by Crippen LogP contribution is 2.22. The fourth-order valence-corrected chi connectivity index (χ4v) is 2.60. The predicted octanol–water partition coefficient (Wildman–Crippen LogP) is 4.11. The van der Waals surface area contributed by atoms with Crippen LogP contribution in [0.4, 0.5) is 17.2 Å². The molecule has 25 heavy (non-hydrogen) atoms. The fraction of sp³-hybridized carbons (Fsp3) is 0.150. The van der Waals surface area contributed by atoms with Gasteiger partial charge in [0, 0.05) is 18.4 Å². The summed E-state index contributed by atoms with van der Waals surface area (Å²) in [6.07, 6.45) is 0. The number of aryl methyl sites for hydroxylation is 2. The van der Waals surface area contributed by atoms with Crippen molar-refractivity contribution in [2.75, 3.05) is 17.3 Å². The van der Waals surface area contributed by atoms with E-state index in [1.54, 1.807) is 12.1 Å². The highest BCUT2D eigenvalue weighted by atomic mass is 16.1. The number of nitrogens with zero attached hydrogens (tertiary/aromatic N) is 3. The Morgan fingerprint density at radius 1 is 0.880 bits per heavy atom. The average molecular weight is 332 g/mol. The van der Waals surface area contributed by atoms with E-state index >= 15 is 0 Å². The molecule has 3 rings (SSSR count). The van der Waals surface area contributed by atoms with Gasteiger partial charge < -0.3 is 10.2 Å². The maximum atomic E-state index is 12.4. The van der Waals surface area contributed by atoms with Crippen molar-refractivity contribution in [1.29, 1.82) is 0 Å². The summed E-state index contributed by atoms with van der Waals surface area (Å²) in [5, 5.41) is 11.2. The van der Waals surface area contributed by atoms with Gasteiger partial charge in [0.15, 0.2) is 11.5 Å². The second kappa shape index (κ2) is 7.13. The van der Waals surface area contributed by atoms with Crippen molar-refractivity contribution in [3.8, 4) is 0 Å². The molecule has 0 radical (unpaired) electrons. The lowest BCUT2D eigenvalue weighted by Gasteiger charge is -2.17. The minimum atomic E-state index is -0.265. The number of hydrogen-bond acceptors (Lipinski definition) is 4. The summed E-state index contributed by atoms with van der Waals surface area (Å²) in [7, 11) is 1.91. The third kappa shape index (κ3) is 3.66. The van der Waals surface area contributed by atoms with E-state index in [9.17, 15) is 4.79 Å². The highest BCUT2D eigenvalue weighted by molar-refractivity contribution is 6.03. The summed E-state index contributed by atoms with van der Waals surface area (Å²) in [4.78, 5) is 14.4. The molecule has 0 aliphatic rings. The van der Waals surface area contributed by atoms with Crippen molar-refractivity contribution in [1.82, 2.24) is 10.2 Å². The number of hydrogen-bond donors (Lipinski definition) is 1. The van der Waals surface area contributed by atoms with E-state index in [0.29, 0.717) is 5.82 Å². The normalized spacial score (nSPS) is 10.4. The van der Waals surface area contributed by atoms with Crippen LogP contribution >= 0.6 is 0 Å². The van der Waals surface area contributed by atoms with Crippen LogP contribution in [0.2, 0.25) is 0 Å². The molecule has 0 saturated carbocycles. The van der Waals surface area contributed by atoms with Gasteiger partial charge >= 0.3 is 0 Å². The lowest BCUT2D eigenvalue weighted by molar-refractivity contribution is 0.102. The molecule has 0 aliphatic carbocycles. The summed E-state index contributed by atoms with van der Waals surface area (Å²) in [5.74, 6) is 0.411. The molecule has 0 spiro atoms. The number of anilines is 3. The Balaban J connectivity index is 1.77. The van der Waals surface area contributed by atoms with Crippen molar-refractivity contribution >= 4 is 23.1 Å². The second-order valence-corrected chi connectivity index (χ2v) is 5.89. The molecule has 0 saturated heterocycles. The third-order valence-electron chi connectivity index (χ3n) is 4.09. The Morgan fingerprint density at radius 3 is 2.16 bits per heavy atom. The van der Waals surface area contributed by atoms with E-state index in [1.165, 1.54) is 0 Å². The van der Waals surface area contributed by atoms with Crippen LogP contribution in [0, 0.1) is 13.8 Å². The number of amides is 1. The molecular formula is C20H20N4O. The highest BCUT2D eigenvalue weighted by Gasteiger charge is 2.13. The van der Waals surface area contributed by atoms with Gasteiger partial charge in [-0.3, -0.25) is 4.79 Å². The average Bonchev–Trinajstić information content (AvgIpc) is 2.65. The molecule has 0 fully saturated rings. The van der Waals surface area contributed by atoms with Crippen LogP contribution < -0.4 is 10.2 Å². The van der Waals surface area contributed by atoms with Crippen LogP contribution in [0.25, 0.3) is 0 Å². The van der Waals surface area contributed by atoms with Gasteiger partial charge in [-0.05, 0) is 49.2 Å². The van der Waals surface area contributed by atoms with E-state index in [4.69, 9.17) is 0 Å². The van der Waals surface area contributed by atoms with Crippen LogP contribution in [-0.2, 0) is 0 Å². The first-order valence-corrected chi connectivity index (χ1v) is 8.06. The molecule has 3 aromatic rings. The molecule has 0 atom stereocenters. The van der Waals surface area contributed by atoms with Gasteiger partial charge in [0.05, 0.1) is 0 Å². The van der Waals surface area contributed by atoms with E-state index in [2.05, 4.69) is 15.5 Å². The summed E-state index contributed by atoms with van der Waals surface area (Å²) in [5.41, 5.74) is 4.14. The number of carbonyl (C=O) groups excluding carboxylic acids is 1. The number of nitrogens with one attached hydrogen (secondary N) is 1. The molecule has 1 N–H and O–H groups in total.